The third-order valence-electron chi connectivity index (χ3n) is 12.1. The van der Waals surface area contributed by atoms with E-state index in [9.17, 15) is 39.6 Å². The number of ketones is 1. The van der Waals surface area contributed by atoms with Gasteiger partial charge in [-0.1, -0.05) is 45.9 Å². The molecule has 62 heavy (non-hydrogen) atoms. The van der Waals surface area contributed by atoms with Crippen LogP contribution in [0, 0.1) is 30.6 Å². The molecule has 2 aromatic carbocycles. The molecule has 2 aromatic rings. The topological polar surface area (TPSA) is 223 Å². The lowest BCUT2D eigenvalue weighted by Crippen LogP contribution is -2.52. The number of fused-ring (bicyclic) bond motifs is 14. The molecule has 9 atom stereocenters. The minimum absolute atomic E-state index is 0.0669. The van der Waals surface area contributed by atoms with E-state index in [1.807, 2.05) is 11.9 Å². The lowest BCUT2D eigenvalue weighted by atomic mass is 9.78. The summed E-state index contributed by atoms with van der Waals surface area (Å²) in [5.41, 5.74) is -0.0463. The maximum atomic E-state index is 14.6. The van der Waals surface area contributed by atoms with Crippen molar-refractivity contribution in [2.75, 3.05) is 51.9 Å². The fourth-order valence-electron chi connectivity index (χ4n) is 8.29. The van der Waals surface area contributed by atoms with E-state index in [-0.39, 0.29) is 44.7 Å². The smallest absolute Gasteiger partial charge is 0.312 e. The Bertz CT molecular complexity index is 2110. The van der Waals surface area contributed by atoms with Gasteiger partial charge in [-0.05, 0) is 26.8 Å². The van der Waals surface area contributed by atoms with Crippen LogP contribution in [-0.2, 0) is 33.3 Å². The second-order valence-corrected chi connectivity index (χ2v) is 16.4. The van der Waals surface area contributed by atoms with Crippen LogP contribution in [0.1, 0.15) is 71.3 Å². The van der Waals surface area contributed by atoms with E-state index < -0.39 is 95.5 Å². The molecule has 4 heterocycles. The molecule has 2 amide bonds. The highest BCUT2D eigenvalue weighted by Gasteiger charge is 2.50. The number of phenolic OH excluding ortho intramolecular Hbond substituents is 2. The molecule has 4 aliphatic rings. The van der Waals surface area contributed by atoms with Crippen molar-refractivity contribution in [3.8, 4) is 23.0 Å². The number of aliphatic hydroxyl groups is 2. The molecule has 0 unspecified atom stereocenters. The summed E-state index contributed by atoms with van der Waals surface area (Å²) in [6, 6.07) is 1.27. The molecule has 1 saturated heterocycles. The van der Waals surface area contributed by atoms with Crippen LogP contribution in [-0.4, -0.2) is 131 Å². The van der Waals surface area contributed by atoms with E-state index in [1.165, 1.54) is 64.3 Å². The number of Topliss-reactive ketones (excluding diaryl/α,β-unsaturated/α-hetero) is 1. The molecule has 0 aromatic heterocycles. The van der Waals surface area contributed by atoms with Gasteiger partial charge in [0.05, 0.1) is 54.4 Å². The van der Waals surface area contributed by atoms with Crippen LogP contribution in [0.5, 0.6) is 23.0 Å². The number of aromatic hydroxyl groups is 2. The lowest BCUT2D eigenvalue weighted by molar-refractivity contribution is -0.161. The molecule has 1 fully saturated rings. The number of nitrogens with zero attached hydrogens (tertiary/aromatic N) is 2. The first-order chi connectivity index (χ1) is 29.3. The van der Waals surface area contributed by atoms with Crippen LogP contribution in [0.15, 0.2) is 42.2 Å². The van der Waals surface area contributed by atoms with Crippen molar-refractivity contribution < 1.29 is 68.0 Å². The quantitative estimate of drug-likeness (QED) is 0.191. The number of aliphatic hydroxyl groups excluding tert-OH is 2. The van der Waals surface area contributed by atoms with Gasteiger partial charge in [0, 0.05) is 86.9 Å². The summed E-state index contributed by atoms with van der Waals surface area (Å²) in [5.74, 6) is -8.18. The maximum Gasteiger partial charge on any atom is 0.312 e. The second-order valence-electron chi connectivity index (χ2n) is 16.4. The van der Waals surface area contributed by atoms with E-state index in [0.29, 0.717) is 32.8 Å². The molecule has 0 saturated carbocycles. The SMILES string of the molecule is CCN(C(=O)COc1cc2c(O)c3c(O)c(C)c4c(c13)C(=O)[C@@](C)(O/C=C/[C@H](OC)[C@@H](C)[C@@H](OC(C)=O)[C@H](C)[C@@H](O)[C@H](C)[C@H](O)[C@H](C)/C=C/C=C(/C)C(=O)N2)O4)N1CCOCC1. The summed E-state index contributed by atoms with van der Waals surface area (Å²) in [6.07, 6.45) is 3.57. The summed E-state index contributed by atoms with van der Waals surface area (Å²) in [5, 5.41) is 52.0. The largest absolute Gasteiger partial charge is 0.507 e. The molecular formula is C45H61N3O14. The van der Waals surface area contributed by atoms with Gasteiger partial charge in [-0.2, -0.15) is 0 Å². The molecule has 5 N–H and O–H groups in total. The lowest BCUT2D eigenvalue weighted by Gasteiger charge is -2.38. The fourth-order valence-corrected chi connectivity index (χ4v) is 8.29. The number of morpholine rings is 1. The van der Waals surface area contributed by atoms with E-state index in [0.717, 1.165) is 0 Å². The van der Waals surface area contributed by atoms with Gasteiger partial charge in [-0.3, -0.25) is 24.2 Å². The van der Waals surface area contributed by atoms with Crippen molar-refractivity contribution in [2.24, 2.45) is 23.7 Å². The van der Waals surface area contributed by atoms with Crippen molar-refractivity contribution >= 4 is 40.0 Å². The molecule has 4 aliphatic heterocycles. The van der Waals surface area contributed by atoms with Crippen LogP contribution in [0.25, 0.3) is 10.8 Å². The number of hydrogen-bond acceptors (Lipinski definition) is 15. The van der Waals surface area contributed by atoms with Gasteiger partial charge in [-0.25, -0.2) is 5.01 Å². The standard InChI is InChI=1S/C45H61N3O14/c1-11-48(47-16-19-58-20-17-47)33(50)22-59-32-21-30-40(54)35-34(32)36-42(28(7)39(35)53)62-45(9,43(36)55)60-18-15-31(57-10)25(4)41(61-29(8)49)27(6)38(52)26(5)37(51)23(2)13-12-14-24(3)44(56)46-30/h12-15,18,21,23,25-27,31,37-38,41,51-54H,11,16-17,19-20,22H2,1-10H3,(H,46,56)/b13-12+,18-15+,24-14-/t23-,25-,26-,27-,31+,37-,38+,41-,45+/m1/s1. The first-order valence-corrected chi connectivity index (χ1v) is 20.9. The molecule has 0 radical (unpaired) electrons. The van der Waals surface area contributed by atoms with Crippen LogP contribution in [0.3, 0.4) is 0 Å². The van der Waals surface area contributed by atoms with Crippen molar-refractivity contribution in [3.05, 3.63) is 53.3 Å². The highest BCUT2D eigenvalue weighted by molar-refractivity contribution is 6.21. The number of esters is 1. The number of rotatable bonds is 7. The van der Waals surface area contributed by atoms with E-state index >= 15 is 0 Å². The Morgan fingerprint density at radius 3 is 2.29 bits per heavy atom. The number of anilines is 1. The van der Waals surface area contributed by atoms with E-state index in [2.05, 4.69) is 5.32 Å². The molecule has 5 bridgehead atoms. The maximum absolute atomic E-state index is 14.6. The number of hydrazine groups is 1. The van der Waals surface area contributed by atoms with Gasteiger partial charge in [0.2, 0.25) is 0 Å². The number of nitrogens with one attached hydrogen (secondary N) is 1. The molecule has 17 heteroatoms. The average Bonchev–Trinajstić information content (AvgIpc) is 3.51. The highest BCUT2D eigenvalue weighted by Crippen LogP contribution is 2.54. The molecule has 340 valence electrons. The highest BCUT2D eigenvalue weighted by atomic mass is 16.7. The Balaban J connectivity index is 1.66. The predicted molar refractivity (Wildman–Crippen MR) is 227 cm³/mol. The number of carbonyl (C=O) groups is 4. The zero-order valence-corrected chi connectivity index (χ0v) is 37.1. The first-order valence-electron chi connectivity index (χ1n) is 20.9. The summed E-state index contributed by atoms with van der Waals surface area (Å²) < 4.78 is 35.4. The molecular weight excluding hydrogens is 807 g/mol. The zero-order chi connectivity index (χ0) is 45.8. The summed E-state index contributed by atoms with van der Waals surface area (Å²) in [6.45, 7) is 16.0. The summed E-state index contributed by atoms with van der Waals surface area (Å²) in [7, 11) is 1.44. The number of ether oxygens (including phenoxy) is 6. The molecule has 0 spiro atoms. The summed E-state index contributed by atoms with van der Waals surface area (Å²) in [4.78, 5) is 54.3. The third kappa shape index (κ3) is 9.71. The van der Waals surface area contributed by atoms with Gasteiger partial charge >= 0.3 is 11.8 Å². The second kappa shape index (κ2) is 19.9. The van der Waals surface area contributed by atoms with Crippen molar-refractivity contribution in [3.63, 3.8) is 0 Å². The van der Waals surface area contributed by atoms with Gasteiger partial charge in [0.1, 0.15) is 23.4 Å². The first kappa shape index (κ1) is 47.8. The average molecular weight is 868 g/mol. The van der Waals surface area contributed by atoms with Gasteiger partial charge in [-0.15, -0.1) is 0 Å². The van der Waals surface area contributed by atoms with Crippen LogP contribution in [0.4, 0.5) is 5.69 Å². The number of carbonyl (C=O) groups excluding carboxylic acids is 4. The van der Waals surface area contributed by atoms with Gasteiger partial charge in [0.25, 0.3) is 17.6 Å². The number of allylic oxidation sites excluding steroid dienone is 2. The number of methoxy groups -OCH3 is 1. The van der Waals surface area contributed by atoms with Crippen LogP contribution < -0.4 is 14.8 Å². The minimum Gasteiger partial charge on any atom is -0.507 e. The minimum atomic E-state index is -2.04. The number of hydrogen-bond donors (Lipinski definition) is 5. The monoisotopic (exact) mass is 867 g/mol. The summed E-state index contributed by atoms with van der Waals surface area (Å²) >= 11 is 0. The number of benzene rings is 2. The van der Waals surface area contributed by atoms with Gasteiger partial charge < -0.3 is 54.2 Å². The third-order valence-corrected chi connectivity index (χ3v) is 12.1. The van der Waals surface area contributed by atoms with Crippen LogP contribution in [0.2, 0.25) is 0 Å². The number of amides is 2. The van der Waals surface area contributed by atoms with Crippen molar-refractivity contribution in [1.82, 2.24) is 10.0 Å². The molecule has 6 rings (SSSR count). The zero-order valence-electron chi connectivity index (χ0n) is 37.1. The fraction of sp³-hybridized carbons (Fsp3) is 0.556. The Morgan fingerprint density at radius 2 is 1.66 bits per heavy atom. The number of phenols is 2. The van der Waals surface area contributed by atoms with Crippen LogP contribution >= 0.6 is 0 Å². The number of likely N-dealkylation sites (N-methyl/N-ethyl adjacent to an activating group) is 1. The Morgan fingerprint density at radius 1 is 0.984 bits per heavy atom. The van der Waals surface area contributed by atoms with Gasteiger partial charge in [0.15, 0.2) is 12.4 Å². The van der Waals surface area contributed by atoms with E-state index in [4.69, 9.17) is 28.4 Å². The predicted octanol–water partition coefficient (Wildman–Crippen LogP) is 4.52. The van der Waals surface area contributed by atoms with Crippen molar-refractivity contribution in [2.45, 2.75) is 92.5 Å². The molecule has 0 aliphatic carbocycles. The normalized spacial score (nSPS) is 30.7. The van der Waals surface area contributed by atoms with E-state index in [1.54, 1.807) is 39.8 Å². The van der Waals surface area contributed by atoms with Crippen molar-refractivity contribution in [1.29, 1.82) is 0 Å². The molecule has 17 nitrogen and oxygen atoms in total. The Labute approximate surface area is 361 Å². The Hall–Kier alpha value is -5.20. The Kier molecular flexibility index (Phi) is 15.3.